The molecule has 1 atom stereocenters. The van der Waals surface area contributed by atoms with E-state index in [1.54, 1.807) is 6.07 Å². The van der Waals surface area contributed by atoms with Gasteiger partial charge in [-0.15, -0.1) is 0 Å². The van der Waals surface area contributed by atoms with Gasteiger partial charge in [-0.1, -0.05) is 19.9 Å². The highest BCUT2D eigenvalue weighted by atomic mass is 16.1. The Hall–Kier alpha value is -1.42. The first kappa shape index (κ1) is 13.0. The van der Waals surface area contributed by atoms with E-state index in [0.29, 0.717) is 17.7 Å². The Morgan fingerprint density at radius 1 is 1.56 bits per heavy atom. The number of hydrogen-bond donors (Lipinski definition) is 1. The quantitative estimate of drug-likeness (QED) is 0.885. The van der Waals surface area contributed by atoms with Crippen molar-refractivity contribution in [1.29, 1.82) is 0 Å². The van der Waals surface area contributed by atoms with E-state index in [-0.39, 0.29) is 0 Å². The summed E-state index contributed by atoms with van der Waals surface area (Å²) in [7, 11) is 0. The average molecular weight is 247 g/mol. The molecule has 1 aliphatic heterocycles. The van der Waals surface area contributed by atoms with Crippen molar-refractivity contribution in [3.63, 3.8) is 0 Å². The number of nitrogens with zero attached hydrogens (tertiary/aromatic N) is 2. The van der Waals surface area contributed by atoms with Gasteiger partial charge in [0.2, 0.25) is 0 Å². The molecule has 0 saturated carbocycles. The molecule has 98 valence electrons. The standard InChI is InChI=1S/C14H21N3O/c1-10(2)9-17-8-4-7-13(17)11-5-3-6-12(16-11)14(15)18/h3,5-6,10,13H,4,7-9H2,1-2H3,(H2,15,18)/t13-/m0/s1. The predicted octanol–water partition coefficient (Wildman–Crippen LogP) is 1.97. The van der Waals surface area contributed by atoms with Crippen LogP contribution in [0.15, 0.2) is 18.2 Å². The molecule has 2 heterocycles. The first-order chi connectivity index (χ1) is 8.58. The van der Waals surface area contributed by atoms with Crippen molar-refractivity contribution in [3.05, 3.63) is 29.6 Å². The van der Waals surface area contributed by atoms with Crippen molar-refractivity contribution in [3.8, 4) is 0 Å². The molecule has 4 heteroatoms. The van der Waals surface area contributed by atoms with Crippen molar-refractivity contribution < 1.29 is 4.79 Å². The normalized spacial score (nSPS) is 20.5. The third-order valence-corrected chi connectivity index (χ3v) is 3.33. The van der Waals surface area contributed by atoms with Crippen LogP contribution in [0.25, 0.3) is 0 Å². The molecule has 1 aromatic rings. The zero-order chi connectivity index (χ0) is 13.1. The van der Waals surface area contributed by atoms with E-state index in [2.05, 4.69) is 23.7 Å². The van der Waals surface area contributed by atoms with E-state index in [1.807, 2.05) is 12.1 Å². The number of likely N-dealkylation sites (tertiary alicyclic amines) is 1. The fourth-order valence-corrected chi connectivity index (χ4v) is 2.62. The molecule has 1 fully saturated rings. The fourth-order valence-electron chi connectivity index (χ4n) is 2.62. The summed E-state index contributed by atoms with van der Waals surface area (Å²) in [5.41, 5.74) is 6.62. The van der Waals surface area contributed by atoms with Crippen LogP contribution in [0.5, 0.6) is 0 Å². The molecule has 0 radical (unpaired) electrons. The van der Waals surface area contributed by atoms with Gasteiger partial charge in [0.15, 0.2) is 0 Å². The summed E-state index contributed by atoms with van der Waals surface area (Å²) in [6, 6.07) is 5.88. The molecule has 0 aliphatic carbocycles. The Balaban J connectivity index is 2.19. The Labute approximate surface area is 108 Å². The van der Waals surface area contributed by atoms with Gasteiger partial charge in [0, 0.05) is 6.54 Å². The summed E-state index contributed by atoms with van der Waals surface area (Å²) in [5.74, 6) is 0.190. The van der Waals surface area contributed by atoms with Gasteiger partial charge < -0.3 is 5.73 Å². The highest BCUT2D eigenvalue weighted by Gasteiger charge is 2.27. The van der Waals surface area contributed by atoms with Gasteiger partial charge in [-0.05, 0) is 37.4 Å². The van der Waals surface area contributed by atoms with Crippen LogP contribution < -0.4 is 5.73 Å². The Morgan fingerprint density at radius 3 is 3.00 bits per heavy atom. The van der Waals surface area contributed by atoms with E-state index in [9.17, 15) is 4.79 Å². The van der Waals surface area contributed by atoms with Crippen molar-refractivity contribution in [2.45, 2.75) is 32.7 Å². The highest BCUT2D eigenvalue weighted by Crippen LogP contribution is 2.31. The number of nitrogens with two attached hydrogens (primary N) is 1. The van der Waals surface area contributed by atoms with Gasteiger partial charge in [0.25, 0.3) is 5.91 Å². The fraction of sp³-hybridized carbons (Fsp3) is 0.571. The second-order valence-corrected chi connectivity index (χ2v) is 5.36. The zero-order valence-electron chi connectivity index (χ0n) is 11.1. The van der Waals surface area contributed by atoms with E-state index in [4.69, 9.17) is 5.73 Å². The SMILES string of the molecule is CC(C)CN1CCC[C@H]1c1cccc(C(N)=O)n1. The van der Waals surface area contributed by atoms with Gasteiger partial charge in [0.1, 0.15) is 5.69 Å². The Bertz CT molecular complexity index is 431. The van der Waals surface area contributed by atoms with Gasteiger partial charge in [-0.3, -0.25) is 9.69 Å². The summed E-state index contributed by atoms with van der Waals surface area (Å²) in [4.78, 5) is 18.0. The maximum absolute atomic E-state index is 11.2. The maximum atomic E-state index is 11.2. The van der Waals surface area contributed by atoms with Crippen molar-refractivity contribution in [1.82, 2.24) is 9.88 Å². The van der Waals surface area contributed by atoms with Gasteiger partial charge >= 0.3 is 0 Å². The second-order valence-electron chi connectivity index (χ2n) is 5.36. The lowest BCUT2D eigenvalue weighted by molar-refractivity contribution is 0.0995. The molecule has 0 aromatic carbocycles. The molecule has 0 bridgehead atoms. The van der Waals surface area contributed by atoms with Crippen LogP contribution in [-0.2, 0) is 0 Å². The monoisotopic (exact) mass is 247 g/mol. The summed E-state index contributed by atoms with van der Waals surface area (Å²) < 4.78 is 0. The number of carbonyl (C=O) groups is 1. The maximum Gasteiger partial charge on any atom is 0.267 e. The van der Waals surface area contributed by atoms with Crippen LogP contribution in [0.2, 0.25) is 0 Å². The minimum atomic E-state index is -0.453. The van der Waals surface area contributed by atoms with Crippen LogP contribution >= 0.6 is 0 Å². The van der Waals surface area contributed by atoms with Crippen molar-refractivity contribution >= 4 is 5.91 Å². The van der Waals surface area contributed by atoms with Crippen molar-refractivity contribution in [2.24, 2.45) is 11.7 Å². The van der Waals surface area contributed by atoms with Gasteiger partial charge in [-0.2, -0.15) is 0 Å². The second kappa shape index (κ2) is 5.48. The van der Waals surface area contributed by atoms with E-state index < -0.39 is 5.91 Å². The number of carbonyl (C=O) groups excluding carboxylic acids is 1. The summed E-state index contributed by atoms with van der Waals surface area (Å²) in [6.45, 7) is 6.64. The summed E-state index contributed by atoms with van der Waals surface area (Å²) in [5, 5.41) is 0. The molecule has 1 saturated heterocycles. The Kier molecular flexibility index (Phi) is 3.97. The summed E-state index contributed by atoms with van der Waals surface area (Å²) in [6.07, 6.45) is 2.31. The number of amides is 1. The first-order valence-corrected chi connectivity index (χ1v) is 6.58. The first-order valence-electron chi connectivity index (χ1n) is 6.58. The van der Waals surface area contributed by atoms with E-state index >= 15 is 0 Å². The average Bonchev–Trinajstić information content (AvgIpc) is 2.76. The Morgan fingerprint density at radius 2 is 2.33 bits per heavy atom. The molecular weight excluding hydrogens is 226 g/mol. The van der Waals surface area contributed by atoms with Crippen LogP contribution in [-0.4, -0.2) is 28.9 Å². The van der Waals surface area contributed by atoms with Crippen molar-refractivity contribution in [2.75, 3.05) is 13.1 Å². The highest BCUT2D eigenvalue weighted by molar-refractivity contribution is 5.90. The third-order valence-electron chi connectivity index (χ3n) is 3.33. The molecule has 1 aromatic heterocycles. The zero-order valence-corrected chi connectivity index (χ0v) is 11.1. The minimum absolute atomic E-state index is 0.340. The third kappa shape index (κ3) is 2.88. The number of hydrogen-bond acceptors (Lipinski definition) is 3. The topological polar surface area (TPSA) is 59.2 Å². The minimum Gasteiger partial charge on any atom is -0.364 e. The number of aromatic nitrogens is 1. The lowest BCUT2D eigenvalue weighted by atomic mass is 10.1. The lowest BCUT2D eigenvalue weighted by Crippen LogP contribution is -2.28. The van der Waals surface area contributed by atoms with Gasteiger partial charge in [0.05, 0.1) is 11.7 Å². The van der Waals surface area contributed by atoms with Gasteiger partial charge in [-0.25, -0.2) is 4.98 Å². The summed E-state index contributed by atoms with van der Waals surface area (Å²) >= 11 is 0. The molecule has 0 unspecified atom stereocenters. The van der Waals surface area contributed by atoms with Crippen LogP contribution in [0.4, 0.5) is 0 Å². The van der Waals surface area contributed by atoms with E-state index in [1.165, 1.54) is 6.42 Å². The molecular formula is C14H21N3O. The van der Waals surface area contributed by atoms with E-state index in [0.717, 1.165) is 25.2 Å². The number of primary amides is 1. The molecule has 1 amide bonds. The van der Waals surface area contributed by atoms with Crippen LogP contribution in [0, 0.1) is 5.92 Å². The predicted molar refractivity (Wildman–Crippen MR) is 71.1 cm³/mol. The van der Waals surface area contributed by atoms with Crippen LogP contribution in [0.1, 0.15) is 48.9 Å². The molecule has 4 nitrogen and oxygen atoms in total. The molecule has 1 aliphatic rings. The smallest absolute Gasteiger partial charge is 0.267 e. The lowest BCUT2D eigenvalue weighted by Gasteiger charge is -2.25. The number of pyridine rings is 1. The molecule has 2 N–H and O–H groups in total. The molecule has 2 rings (SSSR count). The molecule has 18 heavy (non-hydrogen) atoms. The number of rotatable bonds is 4. The van der Waals surface area contributed by atoms with Crippen LogP contribution in [0.3, 0.4) is 0 Å². The largest absolute Gasteiger partial charge is 0.364 e. The molecule has 0 spiro atoms.